The molecule has 0 unspecified atom stereocenters. The van der Waals surface area contributed by atoms with E-state index >= 15 is 0 Å². The van der Waals surface area contributed by atoms with Crippen LogP contribution in [0, 0.1) is 0 Å². The van der Waals surface area contributed by atoms with E-state index in [1.54, 1.807) is 21.2 Å². The van der Waals surface area contributed by atoms with Crippen LogP contribution < -0.4 is 15.4 Å². The van der Waals surface area contributed by atoms with Gasteiger partial charge in [0.1, 0.15) is 12.3 Å². The number of para-hydroxylation sites is 1. The Hall–Kier alpha value is -1.55. The Balaban J connectivity index is 0.00000576. The third-order valence-electron chi connectivity index (χ3n) is 3.20. The molecule has 1 aromatic carbocycles. The monoisotopic (exact) mass is 464 g/mol. The number of methoxy groups -OCH3 is 1. The summed E-state index contributed by atoms with van der Waals surface area (Å²) < 4.78 is 10.9. The van der Waals surface area contributed by atoms with Crippen LogP contribution in [0.5, 0.6) is 5.75 Å². The van der Waals surface area contributed by atoms with Gasteiger partial charge < -0.3 is 25.0 Å². The number of carbonyl (C=O) groups excluding carboxylic acids is 1. The number of hydrogen-bond donors (Lipinski definition) is 2. The average molecular weight is 464 g/mol. The molecule has 1 aromatic rings. The molecule has 25 heavy (non-hydrogen) atoms. The van der Waals surface area contributed by atoms with Crippen LogP contribution in [0.1, 0.15) is 12.5 Å². The standard InChI is InChI=1S/C17H28N4O3.HI/c1-5-18-17(20-12-16(22)21(2)3)19-10-11-24-13-14-8-6-7-9-15(14)23-4;/h6-9H,5,10-13H2,1-4H3,(H2,18,19,20);1H. The molecule has 1 amide bonds. The van der Waals surface area contributed by atoms with Gasteiger partial charge in [-0.05, 0) is 13.0 Å². The Morgan fingerprint density at radius 1 is 1.24 bits per heavy atom. The van der Waals surface area contributed by atoms with E-state index in [0.29, 0.717) is 25.7 Å². The molecule has 2 N–H and O–H groups in total. The lowest BCUT2D eigenvalue weighted by Crippen LogP contribution is -2.39. The summed E-state index contributed by atoms with van der Waals surface area (Å²) in [5, 5.41) is 6.24. The summed E-state index contributed by atoms with van der Waals surface area (Å²) in [5.74, 6) is 1.38. The van der Waals surface area contributed by atoms with Crippen LogP contribution in [0.15, 0.2) is 29.3 Å². The van der Waals surface area contributed by atoms with E-state index in [0.717, 1.165) is 17.9 Å². The van der Waals surface area contributed by atoms with Crippen molar-refractivity contribution in [3.05, 3.63) is 29.8 Å². The van der Waals surface area contributed by atoms with Crippen LogP contribution in [-0.2, 0) is 16.1 Å². The molecule has 0 aliphatic rings. The van der Waals surface area contributed by atoms with Gasteiger partial charge in [-0.15, -0.1) is 24.0 Å². The molecule has 0 saturated carbocycles. The van der Waals surface area contributed by atoms with Gasteiger partial charge in [0.05, 0.1) is 20.3 Å². The van der Waals surface area contributed by atoms with E-state index < -0.39 is 0 Å². The Bertz CT molecular complexity index is 538. The van der Waals surface area contributed by atoms with Crippen molar-refractivity contribution < 1.29 is 14.3 Å². The molecular formula is C17H29IN4O3. The lowest BCUT2D eigenvalue weighted by molar-refractivity contribution is -0.127. The smallest absolute Gasteiger partial charge is 0.243 e. The van der Waals surface area contributed by atoms with Crippen molar-refractivity contribution in [3.63, 3.8) is 0 Å². The Labute approximate surface area is 167 Å². The number of benzene rings is 1. The van der Waals surface area contributed by atoms with Gasteiger partial charge in [-0.1, -0.05) is 18.2 Å². The van der Waals surface area contributed by atoms with Gasteiger partial charge in [0, 0.05) is 32.7 Å². The van der Waals surface area contributed by atoms with E-state index in [4.69, 9.17) is 9.47 Å². The molecule has 8 heteroatoms. The Morgan fingerprint density at radius 3 is 2.60 bits per heavy atom. The normalized spacial score (nSPS) is 10.6. The van der Waals surface area contributed by atoms with E-state index in [1.807, 2.05) is 31.2 Å². The summed E-state index contributed by atoms with van der Waals surface area (Å²) in [5.41, 5.74) is 1.01. The highest BCUT2D eigenvalue weighted by molar-refractivity contribution is 14.0. The first-order chi connectivity index (χ1) is 11.6. The molecule has 0 radical (unpaired) electrons. The van der Waals surface area contributed by atoms with E-state index in [-0.39, 0.29) is 36.4 Å². The predicted octanol–water partition coefficient (Wildman–Crippen LogP) is 1.47. The molecule has 0 bridgehead atoms. The number of halogens is 1. The highest BCUT2D eigenvalue weighted by Crippen LogP contribution is 2.17. The minimum Gasteiger partial charge on any atom is -0.496 e. The van der Waals surface area contributed by atoms with Crippen molar-refractivity contribution in [2.75, 3.05) is 47.4 Å². The number of rotatable bonds is 9. The molecule has 0 heterocycles. The van der Waals surface area contributed by atoms with Crippen molar-refractivity contribution in [1.29, 1.82) is 0 Å². The minimum absolute atomic E-state index is 0. The van der Waals surface area contributed by atoms with Crippen LogP contribution in [0.3, 0.4) is 0 Å². The zero-order valence-electron chi connectivity index (χ0n) is 15.4. The quantitative estimate of drug-likeness (QED) is 0.251. The molecular weight excluding hydrogens is 435 g/mol. The summed E-state index contributed by atoms with van der Waals surface area (Å²) in [4.78, 5) is 17.3. The SMILES string of the molecule is CCNC(=NCC(=O)N(C)C)NCCOCc1ccccc1OC.I. The molecule has 0 aliphatic heterocycles. The van der Waals surface area contributed by atoms with Crippen LogP contribution in [0.25, 0.3) is 0 Å². The fourth-order valence-electron chi connectivity index (χ4n) is 1.88. The number of nitrogens with one attached hydrogen (secondary N) is 2. The van der Waals surface area contributed by atoms with Gasteiger partial charge >= 0.3 is 0 Å². The van der Waals surface area contributed by atoms with Gasteiger partial charge in [-0.3, -0.25) is 4.79 Å². The molecule has 7 nitrogen and oxygen atoms in total. The van der Waals surface area contributed by atoms with Gasteiger partial charge in [0.15, 0.2) is 5.96 Å². The number of guanidine groups is 1. The maximum Gasteiger partial charge on any atom is 0.243 e. The number of ether oxygens (including phenoxy) is 2. The van der Waals surface area contributed by atoms with Gasteiger partial charge in [0.2, 0.25) is 5.91 Å². The number of amides is 1. The lowest BCUT2D eigenvalue weighted by Gasteiger charge is -2.13. The largest absolute Gasteiger partial charge is 0.496 e. The second-order valence-electron chi connectivity index (χ2n) is 5.27. The average Bonchev–Trinajstić information content (AvgIpc) is 2.59. The maximum atomic E-state index is 11.6. The summed E-state index contributed by atoms with van der Waals surface area (Å²) in [6.45, 7) is 4.41. The van der Waals surface area contributed by atoms with E-state index in [2.05, 4.69) is 15.6 Å². The first-order valence-corrected chi connectivity index (χ1v) is 8.00. The Kier molecular flexibility index (Phi) is 12.9. The van der Waals surface area contributed by atoms with Crippen LogP contribution in [0.4, 0.5) is 0 Å². The van der Waals surface area contributed by atoms with Gasteiger partial charge in [0.25, 0.3) is 0 Å². The minimum atomic E-state index is -0.0420. The molecule has 0 spiro atoms. The summed E-state index contributed by atoms with van der Waals surface area (Å²) in [6, 6.07) is 7.77. The summed E-state index contributed by atoms with van der Waals surface area (Å²) in [6.07, 6.45) is 0. The number of carbonyl (C=O) groups is 1. The van der Waals surface area contributed by atoms with Crippen LogP contribution in [0.2, 0.25) is 0 Å². The number of hydrogen-bond acceptors (Lipinski definition) is 4. The molecule has 142 valence electrons. The van der Waals surface area contributed by atoms with Crippen LogP contribution >= 0.6 is 24.0 Å². The topological polar surface area (TPSA) is 75.2 Å². The molecule has 1 rings (SSSR count). The van der Waals surface area contributed by atoms with E-state index in [9.17, 15) is 4.79 Å². The molecule has 0 aliphatic carbocycles. The van der Waals surface area contributed by atoms with Crippen molar-refractivity contribution in [1.82, 2.24) is 15.5 Å². The number of aliphatic imine (C=N–C) groups is 1. The maximum absolute atomic E-state index is 11.6. The molecule has 0 saturated heterocycles. The van der Waals surface area contributed by atoms with Crippen molar-refractivity contribution in [2.45, 2.75) is 13.5 Å². The third kappa shape index (κ3) is 9.49. The zero-order valence-corrected chi connectivity index (χ0v) is 17.7. The molecule has 0 aromatic heterocycles. The first kappa shape index (κ1) is 23.4. The van der Waals surface area contributed by atoms with Crippen molar-refractivity contribution in [2.24, 2.45) is 4.99 Å². The van der Waals surface area contributed by atoms with Crippen molar-refractivity contribution >= 4 is 35.8 Å². The second kappa shape index (κ2) is 13.7. The number of likely N-dealkylation sites (N-methyl/N-ethyl adjacent to an activating group) is 1. The fraction of sp³-hybridized carbons (Fsp3) is 0.529. The highest BCUT2D eigenvalue weighted by Gasteiger charge is 2.04. The predicted molar refractivity (Wildman–Crippen MR) is 111 cm³/mol. The Morgan fingerprint density at radius 2 is 1.96 bits per heavy atom. The van der Waals surface area contributed by atoms with Gasteiger partial charge in [-0.2, -0.15) is 0 Å². The lowest BCUT2D eigenvalue weighted by atomic mass is 10.2. The third-order valence-corrected chi connectivity index (χ3v) is 3.20. The second-order valence-corrected chi connectivity index (χ2v) is 5.27. The van der Waals surface area contributed by atoms with Gasteiger partial charge in [-0.25, -0.2) is 4.99 Å². The van der Waals surface area contributed by atoms with Crippen LogP contribution in [-0.4, -0.2) is 64.2 Å². The zero-order chi connectivity index (χ0) is 17.8. The first-order valence-electron chi connectivity index (χ1n) is 8.00. The van der Waals surface area contributed by atoms with Crippen molar-refractivity contribution in [3.8, 4) is 5.75 Å². The fourth-order valence-corrected chi connectivity index (χ4v) is 1.88. The summed E-state index contributed by atoms with van der Waals surface area (Å²) in [7, 11) is 5.07. The number of nitrogens with zero attached hydrogens (tertiary/aromatic N) is 2. The highest BCUT2D eigenvalue weighted by atomic mass is 127. The molecule has 0 atom stereocenters. The van der Waals surface area contributed by atoms with E-state index in [1.165, 1.54) is 4.90 Å². The summed E-state index contributed by atoms with van der Waals surface area (Å²) >= 11 is 0. The molecule has 0 fully saturated rings.